The molecule has 1 amide bonds. The lowest BCUT2D eigenvalue weighted by Crippen LogP contribution is -2.50. The summed E-state index contributed by atoms with van der Waals surface area (Å²) in [4.78, 5) is 21.1. The SMILES string of the molecule is NC(=O)C(c1ccccc1)N1CCN(c2nc(-c3ccccc3)ns2)CC1. The average molecular weight is 379 g/mol. The van der Waals surface area contributed by atoms with Crippen molar-refractivity contribution < 1.29 is 4.79 Å². The molecule has 2 aromatic carbocycles. The van der Waals surface area contributed by atoms with E-state index in [1.165, 1.54) is 11.5 Å². The summed E-state index contributed by atoms with van der Waals surface area (Å²) in [7, 11) is 0. The van der Waals surface area contributed by atoms with E-state index in [1.54, 1.807) is 0 Å². The topological polar surface area (TPSA) is 75.4 Å². The molecular weight excluding hydrogens is 358 g/mol. The van der Waals surface area contributed by atoms with Crippen LogP contribution in [0, 0.1) is 0 Å². The van der Waals surface area contributed by atoms with Crippen LogP contribution >= 0.6 is 11.5 Å². The second kappa shape index (κ2) is 7.85. The molecule has 1 unspecified atom stereocenters. The normalized spacial score (nSPS) is 16.2. The number of nitrogens with zero attached hydrogens (tertiary/aromatic N) is 4. The van der Waals surface area contributed by atoms with Gasteiger partial charge in [-0.15, -0.1) is 0 Å². The molecule has 1 aliphatic heterocycles. The average Bonchev–Trinajstić information content (AvgIpc) is 3.20. The molecule has 3 aromatic rings. The standard InChI is InChI=1S/C20H21N5OS/c21-18(26)17(15-7-3-1-4-8-15)24-11-13-25(14-12-24)20-22-19(23-27-20)16-9-5-2-6-10-16/h1-10,17H,11-14H2,(H2,21,26). The van der Waals surface area contributed by atoms with Gasteiger partial charge in [0.25, 0.3) is 0 Å². The van der Waals surface area contributed by atoms with Gasteiger partial charge in [-0.25, -0.2) is 0 Å². The first kappa shape index (κ1) is 17.6. The molecule has 4 rings (SSSR count). The van der Waals surface area contributed by atoms with E-state index in [2.05, 4.69) is 14.2 Å². The minimum Gasteiger partial charge on any atom is -0.368 e. The molecule has 1 atom stereocenters. The number of nitrogens with two attached hydrogens (primary N) is 1. The second-order valence-corrected chi connectivity index (χ2v) is 7.24. The van der Waals surface area contributed by atoms with E-state index < -0.39 is 0 Å². The summed E-state index contributed by atoms with van der Waals surface area (Å²) in [6, 6.07) is 19.3. The van der Waals surface area contributed by atoms with E-state index in [-0.39, 0.29) is 11.9 Å². The Morgan fingerprint density at radius 3 is 2.22 bits per heavy atom. The lowest BCUT2D eigenvalue weighted by Gasteiger charge is -2.38. The molecular formula is C20H21N5OS. The van der Waals surface area contributed by atoms with Crippen LogP contribution in [0.4, 0.5) is 5.13 Å². The summed E-state index contributed by atoms with van der Waals surface area (Å²) >= 11 is 1.42. The first-order valence-corrected chi connectivity index (χ1v) is 9.72. The van der Waals surface area contributed by atoms with Crippen LogP contribution in [0.3, 0.4) is 0 Å². The van der Waals surface area contributed by atoms with E-state index in [0.717, 1.165) is 48.3 Å². The molecule has 6 nitrogen and oxygen atoms in total. The maximum absolute atomic E-state index is 12.1. The van der Waals surface area contributed by atoms with Gasteiger partial charge in [0.2, 0.25) is 11.0 Å². The number of carbonyl (C=O) groups is 1. The number of hydrogen-bond acceptors (Lipinski definition) is 6. The molecule has 1 aliphatic rings. The van der Waals surface area contributed by atoms with E-state index in [4.69, 9.17) is 10.7 Å². The number of carbonyl (C=O) groups excluding carboxylic acids is 1. The Morgan fingerprint density at radius 2 is 1.59 bits per heavy atom. The van der Waals surface area contributed by atoms with Gasteiger partial charge in [-0.1, -0.05) is 60.7 Å². The molecule has 1 saturated heterocycles. The number of hydrogen-bond donors (Lipinski definition) is 1. The van der Waals surface area contributed by atoms with Gasteiger partial charge in [0, 0.05) is 43.3 Å². The molecule has 138 valence electrons. The van der Waals surface area contributed by atoms with Crippen LogP contribution in [0.1, 0.15) is 11.6 Å². The Bertz CT molecular complexity index is 891. The number of rotatable bonds is 5. The Hall–Kier alpha value is -2.77. The monoisotopic (exact) mass is 379 g/mol. The third-order valence-corrected chi connectivity index (χ3v) is 5.56. The predicted octanol–water partition coefficient (Wildman–Crippen LogP) is 2.55. The fraction of sp³-hybridized carbons (Fsp3) is 0.250. The van der Waals surface area contributed by atoms with Gasteiger partial charge in [0.15, 0.2) is 5.82 Å². The first-order chi connectivity index (χ1) is 13.2. The Labute approximate surface area is 162 Å². The van der Waals surface area contributed by atoms with Crippen molar-refractivity contribution in [2.45, 2.75) is 6.04 Å². The minimum atomic E-state index is -0.386. The van der Waals surface area contributed by atoms with Crippen molar-refractivity contribution in [1.29, 1.82) is 0 Å². The van der Waals surface area contributed by atoms with E-state index in [0.29, 0.717) is 0 Å². The lowest BCUT2D eigenvalue weighted by atomic mass is 10.0. The predicted molar refractivity (Wildman–Crippen MR) is 108 cm³/mol. The Morgan fingerprint density at radius 1 is 0.963 bits per heavy atom. The smallest absolute Gasteiger partial charge is 0.239 e. The molecule has 1 aromatic heterocycles. The van der Waals surface area contributed by atoms with Crippen molar-refractivity contribution >= 4 is 22.6 Å². The van der Waals surface area contributed by atoms with Crippen molar-refractivity contribution in [2.24, 2.45) is 5.73 Å². The summed E-state index contributed by atoms with van der Waals surface area (Å²) in [5.41, 5.74) is 7.67. The maximum atomic E-state index is 12.1. The minimum absolute atomic E-state index is 0.308. The van der Waals surface area contributed by atoms with Crippen molar-refractivity contribution in [1.82, 2.24) is 14.3 Å². The third kappa shape index (κ3) is 3.84. The quantitative estimate of drug-likeness (QED) is 0.737. The molecule has 7 heteroatoms. The summed E-state index contributed by atoms with van der Waals surface area (Å²) in [6.07, 6.45) is 0. The van der Waals surface area contributed by atoms with Crippen molar-refractivity contribution in [3.63, 3.8) is 0 Å². The van der Waals surface area contributed by atoms with Crippen molar-refractivity contribution in [3.05, 3.63) is 66.2 Å². The molecule has 0 aliphatic carbocycles. The van der Waals surface area contributed by atoms with E-state index in [9.17, 15) is 4.79 Å². The van der Waals surface area contributed by atoms with E-state index in [1.807, 2.05) is 60.7 Å². The Kier molecular flexibility index (Phi) is 5.13. The number of benzene rings is 2. The highest BCUT2D eigenvalue weighted by Gasteiger charge is 2.29. The summed E-state index contributed by atoms with van der Waals surface area (Å²) in [5.74, 6) is 0.453. The number of anilines is 1. The van der Waals surface area contributed by atoms with Crippen molar-refractivity contribution in [3.8, 4) is 11.4 Å². The van der Waals surface area contributed by atoms with Crippen LogP contribution in [0.25, 0.3) is 11.4 Å². The second-order valence-electron chi connectivity index (χ2n) is 6.51. The highest BCUT2D eigenvalue weighted by Crippen LogP contribution is 2.27. The molecule has 2 heterocycles. The summed E-state index contributed by atoms with van der Waals surface area (Å²) in [6.45, 7) is 3.09. The molecule has 0 bridgehead atoms. The summed E-state index contributed by atoms with van der Waals surface area (Å²) in [5, 5.41) is 0.920. The number of primary amides is 1. The van der Waals surface area contributed by atoms with Crippen LogP contribution in [-0.4, -0.2) is 46.3 Å². The van der Waals surface area contributed by atoms with Gasteiger partial charge >= 0.3 is 0 Å². The third-order valence-electron chi connectivity index (χ3n) is 4.78. The van der Waals surface area contributed by atoms with Gasteiger partial charge in [0.05, 0.1) is 0 Å². The van der Waals surface area contributed by atoms with Gasteiger partial charge in [-0.05, 0) is 5.56 Å². The zero-order chi connectivity index (χ0) is 18.6. The van der Waals surface area contributed by atoms with Gasteiger partial charge < -0.3 is 10.6 Å². The maximum Gasteiger partial charge on any atom is 0.239 e. The fourth-order valence-corrected chi connectivity index (χ4v) is 4.15. The largest absolute Gasteiger partial charge is 0.368 e. The highest BCUT2D eigenvalue weighted by atomic mass is 32.1. The van der Waals surface area contributed by atoms with Crippen LogP contribution in [0.2, 0.25) is 0 Å². The molecule has 0 spiro atoms. The zero-order valence-corrected chi connectivity index (χ0v) is 15.7. The van der Waals surface area contributed by atoms with Crippen LogP contribution in [-0.2, 0) is 4.79 Å². The van der Waals surface area contributed by atoms with Crippen LogP contribution in [0.15, 0.2) is 60.7 Å². The molecule has 2 N–H and O–H groups in total. The Balaban J connectivity index is 1.44. The highest BCUT2D eigenvalue weighted by molar-refractivity contribution is 7.09. The molecule has 27 heavy (non-hydrogen) atoms. The number of amides is 1. The fourth-order valence-electron chi connectivity index (χ4n) is 3.41. The molecule has 0 radical (unpaired) electrons. The zero-order valence-electron chi connectivity index (χ0n) is 14.9. The van der Waals surface area contributed by atoms with Gasteiger partial charge in [-0.2, -0.15) is 9.36 Å². The number of aromatic nitrogens is 2. The molecule has 0 saturated carbocycles. The van der Waals surface area contributed by atoms with E-state index >= 15 is 0 Å². The number of piperazine rings is 1. The summed E-state index contributed by atoms with van der Waals surface area (Å²) < 4.78 is 4.49. The lowest BCUT2D eigenvalue weighted by molar-refractivity contribution is -0.123. The van der Waals surface area contributed by atoms with Crippen LogP contribution in [0.5, 0.6) is 0 Å². The first-order valence-electron chi connectivity index (χ1n) is 8.95. The molecule has 1 fully saturated rings. The van der Waals surface area contributed by atoms with Crippen LogP contribution < -0.4 is 10.6 Å². The van der Waals surface area contributed by atoms with Gasteiger partial charge in [0.1, 0.15) is 6.04 Å². The van der Waals surface area contributed by atoms with Crippen molar-refractivity contribution in [2.75, 3.05) is 31.1 Å². The van der Waals surface area contributed by atoms with Gasteiger partial charge in [-0.3, -0.25) is 9.69 Å².